The van der Waals surface area contributed by atoms with E-state index < -0.39 is 5.72 Å². The lowest BCUT2D eigenvalue weighted by Crippen LogP contribution is -2.55. The molecule has 0 aliphatic carbocycles. The summed E-state index contributed by atoms with van der Waals surface area (Å²) in [6.45, 7) is 2.54. The predicted molar refractivity (Wildman–Crippen MR) is 104 cm³/mol. The second-order valence-electron chi connectivity index (χ2n) is 7.87. The molecule has 0 aromatic heterocycles. The monoisotopic (exact) mass is 365 g/mol. The summed E-state index contributed by atoms with van der Waals surface area (Å²) in [5.74, 6) is 0.462. The number of hydrogen-bond acceptors (Lipinski definition) is 3. The van der Waals surface area contributed by atoms with Gasteiger partial charge in [-0.1, -0.05) is 60.7 Å². The van der Waals surface area contributed by atoms with E-state index in [-0.39, 0.29) is 18.1 Å². The Morgan fingerprint density at radius 2 is 1.78 bits per heavy atom. The molecule has 1 amide bonds. The van der Waals surface area contributed by atoms with E-state index in [1.54, 1.807) is 7.11 Å². The molecule has 4 heteroatoms. The number of carbonyl (C=O) groups is 1. The molecule has 27 heavy (non-hydrogen) atoms. The molecule has 2 saturated heterocycles. The highest BCUT2D eigenvalue weighted by atomic mass is 16.6. The van der Waals surface area contributed by atoms with Crippen molar-refractivity contribution in [1.29, 1.82) is 0 Å². The first-order chi connectivity index (χ1) is 13.1. The smallest absolute Gasteiger partial charge is 0.225 e. The molecule has 4 rings (SSSR count). The zero-order valence-corrected chi connectivity index (χ0v) is 16.0. The number of nitrogens with zero attached hydrogens (tertiary/aromatic N) is 1. The van der Waals surface area contributed by atoms with Gasteiger partial charge in [-0.3, -0.25) is 4.79 Å². The molecule has 4 nitrogen and oxygen atoms in total. The number of hydrogen-bond donors (Lipinski definition) is 0. The highest BCUT2D eigenvalue weighted by Gasteiger charge is 2.55. The summed E-state index contributed by atoms with van der Waals surface area (Å²) >= 11 is 0. The average Bonchev–Trinajstić information content (AvgIpc) is 2.96. The normalized spacial score (nSPS) is 30.4. The van der Waals surface area contributed by atoms with Crippen molar-refractivity contribution in [2.24, 2.45) is 5.92 Å². The summed E-state index contributed by atoms with van der Waals surface area (Å²) in [5, 5.41) is 0. The summed E-state index contributed by atoms with van der Waals surface area (Å²) in [5.41, 5.74) is 1.79. The molecule has 2 heterocycles. The van der Waals surface area contributed by atoms with Gasteiger partial charge < -0.3 is 14.4 Å². The van der Waals surface area contributed by atoms with Crippen molar-refractivity contribution in [1.82, 2.24) is 4.90 Å². The molecule has 0 bridgehead atoms. The summed E-state index contributed by atoms with van der Waals surface area (Å²) in [7, 11) is 1.68. The Balaban J connectivity index is 1.60. The maximum atomic E-state index is 13.1. The van der Waals surface area contributed by atoms with E-state index in [0.717, 1.165) is 18.4 Å². The van der Waals surface area contributed by atoms with Crippen molar-refractivity contribution in [2.75, 3.05) is 13.7 Å². The van der Waals surface area contributed by atoms with Gasteiger partial charge in [-0.05, 0) is 36.8 Å². The zero-order valence-electron chi connectivity index (χ0n) is 16.0. The minimum atomic E-state index is -0.585. The van der Waals surface area contributed by atoms with E-state index >= 15 is 0 Å². The quantitative estimate of drug-likeness (QED) is 0.805. The fraction of sp³-hybridized carbons (Fsp3) is 0.435. The standard InChI is InChI=1S/C23H27NO3/c1-23-15-18(13-17-9-5-3-6-10-17)14-21(25)24(23)20(16-26-2)22(27-23)19-11-7-4-8-12-19/h3-12,18,20,22H,13-16H2,1-2H3/t18-,20+,22+,23-/m1/s1. The van der Waals surface area contributed by atoms with Gasteiger partial charge in [-0.25, -0.2) is 0 Å². The fourth-order valence-corrected chi connectivity index (χ4v) is 4.80. The molecule has 2 aliphatic rings. The second kappa shape index (κ2) is 7.45. The van der Waals surface area contributed by atoms with Gasteiger partial charge in [0.05, 0.1) is 12.6 Å². The maximum absolute atomic E-state index is 13.1. The molecule has 0 saturated carbocycles. The van der Waals surface area contributed by atoms with Crippen molar-refractivity contribution < 1.29 is 14.3 Å². The van der Waals surface area contributed by atoms with Gasteiger partial charge in [0.1, 0.15) is 11.8 Å². The number of ether oxygens (including phenoxy) is 2. The third-order valence-electron chi connectivity index (χ3n) is 5.80. The van der Waals surface area contributed by atoms with E-state index in [0.29, 0.717) is 18.9 Å². The number of carbonyl (C=O) groups excluding carboxylic acids is 1. The predicted octanol–water partition coefficient (Wildman–Crippen LogP) is 3.97. The Kier molecular flexibility index (Phi) is 5.02. The van der Waals surface area contributed by atoms with Crippen molar-refractivity contribution in [2.45, 2.75) is 44.1 Å². The van der Waals surface area contributed by atoms with E-state index in [2.05, 4.69) is 43.3 Å². The SMILES string of the molecule is COC[C@H]1[C@H](c2ccccc2)O[C@]2(C)C[C@H](Cc3ccccc3)CC(=O)N12. The van der Waals surface area contributed by atoms with Crippen LogP contribution in [-0.2, 0) is 20.7 Å². The number of rotatable bonds is 5. The molecular weight excluding hydrogens is 338 g/mol. The summed E-state index contributed by atoms with van der Waals surface area (Å²) in [6, 6.07) is 20.5. The number of piperidine rings is 1. The number of fused-ring (bicyclic) bond motifs is 1. The van der Waals surface area contributed by atoms with Crippen LogP contribution in [-0.4, -0.2) is 36.3 Å². The second-order valence-corrected chi connectivity index (χ2v) is 7.87. The molecular formula is C23H27NO3. The van der Waals surface area contributed by atoms with Crippen LogP contribution in [0.1, 0.15) is 37.0 Å². The Bertz CT molecular complexity index is 779. The van der Waals surface area contributed by atoms with Gasteiger partial charge in [-0.2, -0.15) is 0 Å². The molecule has 2 aromatic rings. The summed E-state index contributed by atoms with van der Waals surface area (Å²) in [6.07, 6.45) is 2.16. The van der Waals surface area contributed by atoms with E-state index in [4.69, 9.17) is 9.47 Å². The lowest BCUT2D eigenvalue weighted by atomic mass is 9.84. The first kappa shape index (κ1) is 18.2. The minimum absolute atomic E-state index is 0.0902. The zero-order chi connectivity index (χ0) is 18.9. The maximum Gasteiger partial charge on any atom is 0.225 e. The Labute approximate surface area is 161 Å². The Morgan fingerprint density at radius 3 is 2.44 bits per heavy atom. The van der Waals surface area contributed by atoms with Crippen LogP contribution in [0, 0.1) is 5.92 Å². The lowest BCUT2D eigenvalue weighted by molar-refractivity contribution is -0.165. The van der Waals surface area contributed by atoms with Crippen molar-refractivity contribution in [3.8, 4) is 0 Å². The minimum Gasteiger partial charge on any atom is -0.382 e. The molecule has 0 N–H and O–H groups in total. The van der Waals surface area contributed by atoms with Crippen LogP contribution >= 0.6 is 0 Å². The molecule has 2 fully saturated rings. The number of amides is 1. The Morgan fingerprint density at radius 1 is 1.11 bits per heavy atom. The number of methoxy groups -OCH3 is 1. The van der Waals surface area contributed by atoms with Crippen LogP contribution in [0.3, 0.4) is 0 Å². The van der Waals surface area contributed by atoms with Gasteiger partial charge in [-0.15, -0.1) is 0 Å². The fourth-order valence-electron chi connectivity index (χ4n) is 4.80. The third kappa shape index (κ3) is 3.52. The van der Waals surface area contributed by atoms with Gasteiger partial charge >= 0.3 is 0 Å². The molecule has 2 aromatic carbocycles. The summed E-state index contributed by atoms with van der Waals surface area (Å²) in [4.78, 5) is 15.1. The topological polar surface area (TPSA) is 38.8 Å². The molecule has 0 spiro atoms. The first-order valence-electron chi connectivity index (χ1n) is 9.68. The van der Waals surface area contributed by atoms with Crippen molar-refractivity contribution >= 4 is 5.91 Å². The van der Waals surface area contributed by atoms with Gasteiger partial charge in [0, 0.05) is 13.5 Å². The third-order valence-corrected chi connectivity index (χ3v) is 5.80. The van der Waals surface area contributed by atoms with Gasteiger partial charge in [0.15, 0.2) is 0 Å². The van der Waals surface area contributed by atoms with Crippen molar-refractivity contribution in [3.05, 3.63) is 71.8 Å². The average molecular weight is 365 g/mol. The van der Waals surface area contributed by atoms with Crippen LogP contribution in [0.25, 0.3) is 0 Å². The van der Waals surface area contributed by atoms with Crippen LogP contribution in [0.4, 0.5) is 0 Å². The largest absolute Gasteiger partial charge is 0.382 e. The van der Waals surface area contributed by atoms with E-state index in [1.807, 2.05) is 29.2 Å². The van der Waals surface area contributed by atoms with Crippen LogP contribution < -0.4 is 0 Å². The molecule has 0 unspecified atom stereocenters. The van der Waals surface area contributed by atoms with Crippen molar-refractivity contribution in [3.63, 3.8) is 0 Å². The number of benzene rings is 2. The van der Waals surface area contributed by atoms with Crippen LogP contribution in [0.2, 0.25) is 0 Å². The lowest BCUT2D eigenvalue weighted by Gasteiger charge is -2.43. The van der Waals surface area contributed by atoms with Crippen LogP contribution in [0.5, 0.6) is 0 Å². The van der Waals surface area contributed by atoms with Crippen LogP contribution in [0.15, 0.2) is 60.7 Å². The molecule has 2 aliphatic heterocycles. The highest BCUT2D eigenvalue weighted by molar-refractivity contribution is 5.79. The van der Waals surface area contributed by atoms with E-state index in [9.17, 15) is 4.79 Å². The first-order valence-corrected chi connectivity index (χ1v) is 9.68. The Hall–Kier alpha value is -2.17. The van der Waals surface area contributed by atoms with E-state index in [1.165, 1.54) is 5.56 Å². The van der Waals surface area contributed by atoms with Gasteiger partial charge in [0.2, 0.25) is 5.91 Å². The molecule has 4 atom stereocenters. The molecule has 0 radical (unpaired) electrons. The van der Waals surface area contributed by atoms with Gasteiger partial charge in [0.25, 0.3) is 0 Å². The highest BCUT2D eigenvalue weighted by Crippen LogP contribution is 2.48. The summed E-state index contributed by atoms with van der Waals surface area (Å²) < 4.78 is 12.0. The molecule has 142 valence electrons.